The summed E-state index contributed by atoms with van der Waals surface area (Å²) in [6.45, 7) is 6.47. The van der Waals surface area contributed by atoms with Gasteiger partial charge in [-0.3, -0.25) is 9.69 Å². The number of anilines is 1. The van der Waals surface area contributed by atoms with Crippen LogP contribution in [0.1, 0.15) is 38.7 Å². The molecule has 4 heteroatoms. The molecule has 0 saturated carbocycles. The molecule has 1 aliphatic heterocycles. The summed E-state index contributed by atoms with van der Waals surface area (Å²) in [6, 6.07) is 7.95. The number of carbonyl (C=O) groups is 1. The molecule has 0 aliphatic carbocycles. The van der Waals surface area contributed by atoms with E-state index in [0.29, 0.717) is 0 Å². The summed E-state index contributed by atoms with van der Waals surface area (Å²) in [7, 11) is 0. The van der Waals surface area contributed by atoms with Gasteiger partial charge in [-0.15, -0.1) is 0 Å². The zero-order valence-electron chi connectivity index (χ0n) is 13.5. The third-order valence-electron chi connectivity index (χ3n) is 4.09. The Labute approximate surface area is 132 Å². The lowest BCUT2D eigenvalue weighted by Gasteiger charge is -2.30. The fourth-order valence-corrected chi connectivity index (χ4v) is 2.72. The van der Waals surface area contributed by atoms with Crippen LogP contribution < -0.4 is 5.32 Å². The number of piperidine rings is 1. The second-order valence-electron chi connectivity index (χ2n) is 5.91. The molecule has 0 aromatic heterocycles. The molecular formula is C18H26N2O2. The standard InChI is InChI=1S/C18H26N2O2/c1-3-6-14(2)18(22)19-17-8-5-4-7-15(17)13-20-11-9-16(21)10-12-20/h4-8,16,21H,3,9-13H2,1-2H3,(H,19,22)/b14-6-. The highest BCUT2D eigenvalue weighted by molar-refractivity contribution is 6.03. The van der Waals surface area contributed by atoms with Crippen molar-refractivity contribution in [3.63, 3.8) is 0 Å². The Balaban J connectivity index is 2.03. The number of carbonyl (C=O) groups excluding carboxylic acids is 1. The Kier molecular flexibility index (Phi) is 6.16. The van der Waals surface area contributed by atoms with Gasteiger partial charge in [0.05, 0.1) is 6.10 Å². The van der Waals surface area contributed by atoms with Gasteiger partial charge in [0.1, 0.15) is 0 Å². The van der Waals surface area contributed by atoms with Crippen molar-refractivity contribution < 1.29 is 9.90 Å². The van der Waals surface area contributed by atoms with Crippen LogP contribution in [0.3, 0.4) is 0 Å². The smallest absolute Gasteiger partial charge is 0.250 e. The molecule has 2 N–H and O–H groups in total. The number of nitrogens with one attached hydrogen (secondary N) is 1. The normalized spacial score (nSPS) is 17.5. The fourth-order valence-electron chi connectivity index (χ4n) is 2.72. The molecular weight excluding hydrogens is 276 g/mol. The summed E-state index contributed by atoms with van der Waals surface area (Å²) in [6.07, 6.45) is 4.29. The molecule has 1 amide bonds. The molecule has 1 fully saturated rings. The van der Waals surface area contributed by atoms with Crippen LogP contribution in [-0.2, 0) is 11.3 Å². The molecule has 4 nitrogen and oxygen atoms in total. The number of allylic oxidation sites excluding steroid dienone is 1. The zero-order valence-corrected chi connectivity index (χ0v) is 13.5. The topological polar surface area (TPSA) is 52.6 Å². The Morgan fingerprint density at radius 3 is 2.73 bits per heavy atom. The summed E-state index contributed by atoms with van der Waals surface area (Å²) in [5.41, 5.74) is 2.75. The number of hydrogen-bond donors (Lipinski definition) is 2. The first kappa shape index (κ1) is 16.7. The molecule has 1 saturated heterocycles. The average Bonchev–Trinajstić information content (AvgIpc) is 2.51. The predicted molar refractivity (Wildman–Crippen MR) is 89.6 cm³/mol. The number of aliphatic hydroxyl groups excluding tert-OH is 1. The van der Waals surface area contributed by atoms with E-state index in [1.54, 1.807) is 0 Å². The summed E-state index contributed by atoms with van der Waals surface area (Å²) < 4.78 is 0. The minimum absolute atomic E-state index is 0.0385. The van der Waals surface area contributed by atoms with Crippen molar-refractivity contribution in [2.24, 2.45) is 0 Å². The second-order valence-corrected chi connectivity index (χ2v) is 5.91. The van der Waals surface area contributed by atoms with Crippen molar-refractivity contribution >= 4 is 11.6 Å². The molecule has 0 radical (unpaired) electrons. The van der Waals surface area contributed by atoms with E-state index in [2.05, 4.69) is 16.3 Å². The Bertz CT molecular complexity index is 532. The van der Waals surface area contributed by atoms with Gasteiger partial charge in [0.15, 0.2) is 0 Å². The minimum Gasteiger partial charge on any atom is -0.393 e. The van der Waals surface area contributed by atoms with E-state index >= 15 is 0 Å². The number of hydrogen-bond acceptors (Lipinski definition) is 3. The maximum absolute atomic E-state index is 12.2. The lowest BCUT2D eigenvalue weighted by Crippen LogP contribution is -2.35. The van der Waals surface area contributed by atoms with Crippen molar-refractivity contribution in [2.45, 2.75) is 45.8 Å². The highest BCUT2D eigenvalue weighted by Crippen LogP contribution is 2.20. The first-order chi connectivity index (χ1) is 10.6. The number of nitrogens with zero attached hydrogens (tertiary/aromatic N) is 1. The van der Waals surface area contributed by atoms with Gasteiger partial charge < -0.3 is 10.4 Å². The maximum atomic E-state index is 12.2. The van der Waals surface area contributed by atoms with E-state index in [1.165, 1.54) is 0 Å². The number of benzene rings is 1. The zero-order chi connectivity index (χ0) is 15.9. The highest BCUT2D eigenvalue weighted by Gasteiger charge is 2.18. The molecule has 0 unspecified atom stereocenters. The van der Waals surface area contributed by atoms with Crippen LogP contribution in [0, 0.1) is 0 Å². The van der Waals surface area contributed by atoms with Crippen molar-refractivity contribution in [2.75, 3.05) is 18.4 Å². The van der Waals surface area contributed by atoms with E-state index in [0.717, 1.165) is 55.7 Å². The largest absolute Gasteiger partial charge is 0.393 e. The molecule has 1 aromatic rings. The molecule has 22 heavy (non-hydrogen) atoms. The molecule has 1 heterocycles. The predicted octanol–water partition coefficient (Wildman–Crippen LogP) is 2.94. The van der Waals surface area contributed by atoms with Crippen LogP contribution in [0.4, 0.5) is 5.69 Å². The second kappa shape index (κ2) is 8.11. The molecule has 2 rings (SSSR count). The van der Waals surface area contributed by atoms with Crippen LogP contribution >= 0.6 is 0 Å². The number of aliphatic hydroxyl groups is 1. The molecule has 1 aliphatic rings. The van der Waals surface area contributed by atoms with Crippen molar-refractivity contribution in [3.8, 4) is 0 Å². The van der Waals surface area contributed by atoms with Gasteiger partial charge in [0.25, 0.3) is 5.91 Å². The Morgan fingerprint density at radius 1 is 1.36 bits per heavy atom. The number of amides is 1. The quantitative estimate of drug-likeness (QED) is 0.822. The van der Waals surface area contributed by atoms with E-state index in [1.807, 2.05) is 38.1 Å². The van der Waals surface area contributed by atoms with Gasteiger partial charge in [0, 0.05) is 30.9 Å². The van der Waals surface area contributed by atoms with Gasteiger partial charge in [-0.2, -0.15) is 0 Å². The van der Waals surface area contributed by atoms with Gasteiger partial charge in [-0.05, 0) is 37.8 Å². The van der Waals surface area contributed by atoms with Crippen LogP contribution in [0.25, 0.3) is 0 Å². The summed E-state index contributed by atoms with van der Waals surface area (Å²) in [5.74, 6) is -0.0385. The third kappa shape index (κ3) is 4.68. The Hall–Kier alpha value is -1.65. The molecule has 0 atom stereocenters. The fraction of sp³-hybridized carbons (Fsp3) is 0.500. The van der Waals surface area contributed by atoms with Crippen molar-refractivity contribution in [1.29, 1.82) is 0 Å². The lowest BCUT2D eigenvalue weighted by atomic mass is 10.1. The summed E-state index contributed by atoms with van der Waals surface area (Å²) in [5, 5.41) is 12.6. The van der Waals surface area contributed by atoms with Crippen LogP contribution in [0.2, 0.25) is 0 Å². The Morgan fingerprint density at radius 2 is 2.05 bits per heavy atom. The first-order valence-corrected chi connectivity index (χ1v) is 8.06. The molecule has 0 spiro atoms. The van der Waals surface area contributed by atoms with Crippen LogP contribution in [0.15, 0.2) is 35.9 Å². The average molecular weight is 302 g/mol. The van der Waals surface area contributed by atoms with E-state index in [-0.39, 0.29) is 12.0 Å². The van der Waals surface area contributed by atoms with Crippen LogP contribution in [0.5, 0.6) is 0 Å². The first-order valence-electron chi connectivity index (χ1n) is 8.06. The van der Waals surface area contributed by atoms with Gasteiger partial charge in [-0.25, -0.2) is 0 Å². The van der Waals surface area contributed by atoms with Gasteiger partial charge in [-0.1, -0.05) is 31.2 Å². The minimum atomic E-state index is -0.159. The molecule has 0 bridgehead atoms. The number of rotatable bonds is 5. The van der Waals surface area contributed by atoms with Crippen molar-refractivity contribution in [3.05, 3.63) is 41.5 Å². The van der Waals surface area contributed by atoms with E-state index in [9.17, 15) is 9.90 Å². The number of para-hydroxylation sites is 1. The third-order valence-corrected chi connectivity index (χ3v) is 4.09. The highest BCUT2D eigenvalue weighted by atomic mass is 16.3. The van der Waals surface area contributed by atoms with Crippen LogP contribution in [-0.4, -0.2) is 35.1 Å². The SMILES string of the molecule is CC/C=C(/C)C(=O)Nc1ccccc1CN1CCC(O)CC1. The summed E-state index contributed by atoms with van der Waals surface area (Å²) in [4.78, 5) is 14.5. The van der Waals surface area contributed by atoms with Crippen molar-refractivity contribution in [1.82, 2.24) is 4.90 Å². The number of likely N-dealkylation sites (tertiary alicyclic amines) is 1. The monoisotopic (exact) mass is 302 g/mol. The van der Waals surface area contributed by atoms with E-state index < -0.39 is 0 Å². The van der Waals surface area contributed by atoms with Gasteiger partial charge >= 0.3 is 0 Å². The molecule has 1 aromatic carbocycles. The maximum Gasteiger partial charge on any atom is 0.250 e. The lowest BCUT2D eigenvalue weighted by molar-refractivity contribution is -0.112. The van der Waals surface area contributed by atoms with Gasteiger partial charge in [0.2, 0.25) is 0 Å². The van der Waals surface area contributed by atoms with E-state index in [4.69, 9.17) is 0 Å². The summed E-state index contributed by atoms with van der Waals surface area (Å²) >= 11 is 0. The molecule has 120 valence electrons.